The van der Waals surface area contributed by atoms with E-state index in [0.717, 1.165) is 25.2 Å². The summed E-state index contributed by atoms with van der Waals surface area (Å²) in [6, 6.07) is 3.90. The quantitative estimate of drug-likeness (QED) is 0.747. The van der Waals surface area contributed by atoms with Crippen LogP contribution in [-0.2, 0) is 5.33 Å². The lowest BCUT2D eigenvalue weighted by Crippen LogP contribution is -1.74. The van der Waals surface area contributed by atoms with Crippen molar-refractivity contribution < 1.29 is 0 Å². The van der Waals surface area contributed by atoms with Crippen LogP contribution in [0.4, 0.5) is 0 Å². The highest BCUT2D eigenvalue weighted by Gasteiger charge is 2.05. The number of halogens is 2. The van der Waals surface area contributed by atoms with E-state index in [9.17, 15) is 0 Å². The van der Waals surface area contributed by atoms with Gasteiger partial charge in [-0.15, -0.1) is 22.7 Å². The van der Waals surface area contributed by atoms with Crippen LogP contribution < -0.4 is 0 Å². The largest absolute Gasteiger partial charge is 0.239 e. The average Bonchev–Trinajstić information content (AvgIpc) is 2.71. The van der Waals surface area contributed by atoms with E-state index in [2.05, 4.69) is 26.3 Å². The molecule has 0 atom stereocenters. The molecule has 13 heavy (non-hydrogen) atoms. The first-order chi connectivity index (χ1) is 6.29. The smallest absolute Gasteiger partial charge is 0.104 e. The second-order valence-corrected chi connectivity index (χ2v) is 5.58. The van der Waals surface area contributed by atoms with Crippen molar-refractivity contribution in [1.82, 2.24) is 4.98 Å². The topological polar surface area (TPSA) is 12.9 Å². The maximum absolute atomic E-state index is 5.84. The molecule has 0 saturated heterocycles. The van der Waals surface area contributed by atoms with Crippen LogP contribution in [0, 0.1) is 0 Å². The summed E-state index contributed by atoms with van der Waals surface area (Å²) in [5.74, 6) is 0. The van der Waals surface area contributed by atoms with Gasteiger partial charge >= 0.3 is 0 Å². The molecule has 0 amide bonds. The van der Waals surface area contributed by atoms with E-state index in [-0.39, 0.29) is 0 Å². The van der Waals surface area contributed by atoms with Crippen molar-refractivity contribution in [3.05, 3.63) is 26.9 Å². The fraction of sp³-hybridized carbons (Fsp3) is 0.125. The van der Waals surface area contributed by atoms with Gasteiger partial charge < -0.3 is 0 Å². The summed E-state index contributed by atoms with van der Waals surface area (Å²) in [5, 5.41) is 3.97. The third-order valence-corrected chi connectivity index (χ3v) is 4.50. The molecule has 0 aliphatic heterocycles. The first-order valence-corrected chi connectivity index (χ1v) is 6.75. The summed E-state index contributed by atoms with van der Waals surface area (Å²) in [6.45, 7) is 0. The fourth-order valence-electron chi connectivity index (χ4n) is 0.937. The second-order valence-electron chi connectivity index (χ2n) is 2.36. The minimum absolute atomic E-state index is 0.809. The van der Waals surface area contributed by atoms with Crippen molar-refractivity contribution in [3.8, 4) is 10.6 Å². The number of alkyl halides is 1. The summed E-state index contributed by atoms with van der Waals surface area (Å²) in [4.78, 5) is 5.57. The number of hydrogen-bond donors (Lipinski definition) is 0. The summed E-state index contributed by atoms with van der Waals surface area (Å²) >= 11 is 12.4. The Kier molecular flexibility index (Phi) is 3.03. The average molecular weight is 295 g/mol. The third kappa shape index (κ3) is 2.13. The van der Waals surface area contributed by atoms with Crippen LogP contribution in [-0.4, -0.2) is 4.98 Å². The van der Waals surface area contributed by atoms with Gasteiger partial charge in [-0.2, -0.15) is 0 Å². The zero-order chi connectivity index (χ0) is 9.26. The maximum atomic E-state index is 5.84. The predicted octanol–water partition coefficient (Wildman–Crippen LogP) is 4.42. The molecule has 0 spiro atoms. The standard InChI is InChI=1S/C8H5BrClNS2/c9-3-8-11-5(4-12-8)6-1-2-7(10)13-6/h1-2,4H,3H2. The minimum atomic E-state index is 0.809. The predicted molar refractivity (Wildman–Crippen MR) is 63.1 cm³/mol. The highest BCUT2D eigenvalue weighted by Crippen LogP contribution is 2.31. The van der Waals surface area contributed by atoms with Gasteiger partial charge in [0.25, 0.3) is 0 Å². The lowest BCUT2D eigenvalue weighted by atomic mass is 10.4. The van der Waals surface area contributed by atoms with Crippen LogP contribution in [0.25, 0.3) is 10.6 Å². The third-order valence-electron chi connectivity index (χ3n) is 1.49. The van der Waals surface area contributed by atoms with Gasteiger partial charge in [0.15, 0.2) is 0 Å². The molecule has 0 aromatic carbocycles. The summed E-state index contributed by atoms with van der Waals surface area (Å²) in [5.41, 5.74) is 1.02. The van der Waals surface area contributed by atoms with Gasteiger partial charge in [0.05, 0.1) is 20.2 Å². The highest BCUT2D eigenvalue weighted by atomic mass is 79.9. The van der Waals surface area contributed by atoms with Gasteiger partial charge in [-0.1, -0.05) is 27.5 Å². The van der Waals surface area contributed by atoms with Crippen molar-refractivity contribution in [1.29, 1.82) is 0 Å². The molecule has 2 rings (SSSR count). The number of thiophene rings is 1. The molecule has 0 unspecified atom stereocenters. The minimum Gasteiger partial charge on any atom is -0.239 e. The summed E-state index contributed by atoms with van der Waals surface area (Å²) in [6.07, 6.45) is 0. The van der Waals surface area contributed by atoms with E-state index in [1.54, 1.807) is 22.7 Å². The molecule has 0 aliphatic carbocycles. The molecule has 0 radical (unpaired) electrons. The molecular weight excluding hydrogens is 290 g/mol. The van der Waals surface area contributed by atoms with Crippen LogP contribution in [0.2, 0.25) is 4.34 Å². The van der Waals surface area contributed by atoms with Crippen LogP contribution in [0.1, 0.15) is 5.01 Å². The van der Waals surface area contributed by atoms with Gasteiger partial charge in [-0.05, 0) is 12.1 Å². The van der Waals surface area contributed by atoms with Crippen LogP contribution in [0.5, 0.6) is 0 Å². The maximum Gasteiger partial charge on any atom is 0.104 e. The fourth-order valence-corrected chi connectivity index (χ4v) is 3.18. The van der Waals surface area contributed by atoms with Crippen LogP contribution in [0.3, 0.4) is 0 Å². The molecule has 0 fully saturated rings. The molecule has 2 heterocycles. The van der Waals surface area contributed by atoms with E-state index in [1.165, 1.54) is 0 Å². The van der Waals surface area contributed by atoms with E-state index in [0.29, 0.717) is 0 Å². The number of nitrogens with zero attached hydrogens (tertiary/aromatic N) is 1. The molecule has 68 valence electrons. The Morgan fingerprint density at radius 1 is 1.46 bits per heavy atom. The van der Waals surface area contributed by atoms with Gasteiger partial charge in [0, 0.05) is 5.38 Å². The molecule has 0 bridgehead atoms. The molecule has 0 aliphatic rings. The number of thiazole rings is 1. The normalized spacial score (nSPS) is 10.6. The Balaban J connectivity index is 2.35. The molecule has 0 saturated carbocycles. The van der Waals surface area contributed by atoms with E-state index >= 15 is 0 Å². The lowest BCUT2D eigenvalue weighted by molar-refractivity contribution is 1.29. The lowest BCUT2D eigenvalue weighted by Gasteiger charge is -1.86. The van der Waals surface area contributed by atoms with Gasteiger partial charge in [0.1, 0.15) is 5.01 Å². The monoisotopic (exact) mass is 293 g/mol. The Labute approximate surface area is 97.5 Å². The summed E-state index contributed by atoms with van der Waals surface area (Å²) < 4.78 is 0.809. The highest BCUT2D eigenvalue weighted by molar-refractivity contribution is 9.08. The Bertz CT molecular complexity index is 410. The van der Waals surface area contributed by atoms with Gasteiger partial charge in [-0.25, -0.2) is 4.98 Å². The Morgan fingerprint density at radius 2 is 2.31 bits per heavy atom. The first-order valence-electron chi connectivity index (χ1n) is 3.55. The molecular formula is C8H5BrClNS2. The van der Waals surface area contributed by atoms with Gasteiger partial charge in [0.2, 0.25) is 0 Å². The SMILES string of the molecule is Clc1ccc(-c2csc(CBr)n2)s1. The first kappa shape index (κ1) is 9.65. The van der Waals surface area contributed by atoms with E-state index in [1.807, 2.05) is 12.1 Å². The van der Waals surface area contributed by atoms with Crippen LogP contribution >= 0.6 is 50.2 Å². The van der Waals surface area contributed by atoms with Crippen molar-refractivity contribution in [3.63, 3.8) is 0 Å². The Hall–Kier alpha value is 0.1000. The number of hydrogen-bond acceptors (Lipinski definition) is 3. The van der Waals surface area contributed by atoms with Crippen molar-refractivity contribution in [2.45, 2.75) is 5.33 Å². The molecule has 0 N–H and O–H groups in total. The molecule has 5 heteroatoms. The second kappa shape index (κ2) is 4.09. The van der Waals surface area contributed by atoms with Crippen molar-refractivity contribution in [2.24, 2.45) is 0 Å². The molecule has 2 aromatic heterocycles. The van der Waals surface area contributed by atoms with Crippen molar-refractivity contribution >= 4 is 50.2 Å². The summed E-state index contributed by atoms with van der Waals surface area (Å²) in [7, 11) is 0. The van der Waals surface area contributed by atoms with Crippen LogP contribution in [0.15, 0.2) is 17.5 Å². The Morgan fingerprint density at radius 3 is 2.85 bits per heavy atom. The molecule has 1 nitrogen and oxygen atoms in total. The van der Waals surface area contributed by atoms with E-state index < -0.39 is 0 Å². The van der Waals surface area contributed by atoms with E-state index in [4.69, 9.17) is 11.6 Å². The number of aromatic nitrogens is 1. The van der Waals surface area contributed by atoms with Gasteiger partial charge in [-0.3, -0.25) is 0 Å². The number of rotatable bonds is 2. The van der Waals surface area contributed by atoms with Crippen molar-refractivity contribution in [2.75, 3.05) is 0 Å². The molecule has 2 aromatic rings. The zero-order valence-electron chi connectivity index (χ0n) is 6.46. The zero-order valence-corrected chi connectivity index (χ0v) is 10.4.